The highest BCUT2D eigenvalue weighted by molar-refractivity contribution is 5.64. The van der Waals surface area contributed by atoms with Gasteiger partial charge < -0.3 is 10.5 Å². The van der Waals surface area contributed by atoms with Crippen molar-refractivity contribution in [2.75, 3.05) is 13.1 Å². The molecule has 0 aromatic rings. The molecule has 1 amide bonds. The van der Waals surface area contributed by atoms with Crippen molar-refractivity contribution in [1.82, 2.24) is 4.90 Å². The van der Waals surface area contributed by atoms with Gasteiger partial charge in [-0.15, -0.1) is 0 Å². The van der Waals surface area contributed by atoms with Gasteiger partial charge in [0.15, 0.2) is 0 Å². The summed E-state index contributed by atoms with van der Waals surface area (Å²) < 4.78 is 4.86. The molecule has 1 saturated heterocycles. The SMILES string of the molecule is C[C@H](CN1CCC[C@@H]1C)OC(N)=O. The fourth-order valence-corrected chi connectivity index (χ4v) is 1.83. The Kier molecular flexibility index (Phi) is 3.54. The minimum atomic E-state index is -0.681. The van der Waals surface area contributed by atoms with Crippen LogP contribution in [0, 0.1) is 0 Å². The first-order valence-electron chi connectivity index (χ1n) is 4.79. The molecule has 0 spiro atoms. The Balaban J connectivity index is 2.26. The highest BCUT2D eigenvalue weighted by Gasteiger charge is 2.22. The molecular weight excluding hydrogens is 168 g/mol. The van der Waals surface area contributed by atoms with Gasteiger partial charge in [-0.1, -0.05) is 0 Å². The highest BCUT2D eigenvalue weighted by atomic mass is 16.6. The van der Waals surface area contributed by atoms with Crippen molar-refractivity contribution < 1.29 is 9.53 Å². The summed E-state index contributed by atoms with van der Waals surface area (Å²) >= 11 is 0. The Hall–Kier alpha value is -0.770. The van der Waals surface area contributed by atoms with Crippen molar-refractivity contribution in [2.45, 2.75) is 38.8 Å². The average Bonchev–Trinajstić information content (AvgIpc) is 2.34. The summed E-state index contributed by atoms with van der Waals surface area (Å²) in [6.07, 6.45) is 1.70. The molecule has 4 nitrogen and oxygen atoms in total. The zero-order valence-electron chi connectivity index (χ0n) is 8.32. The summed E-state index contributed by atoms with van der Waals surface area (Å²) in [5.41, 5.74) is 4.92. The van der Waals surface area contributed by atoms with E-state index in [1.807, 2.05) is 6.92 Å². The number of rotatable bonds is 3. The monoisotopic (exact) mass is 186 g/mol. The van der Waals surface area contributed by atoms with Gasteiger partial charge >= 0.3 is 6.09 Å². The largest absolute Gasteiger partial charge is 0.445 e. The molecule has 1 rings (SSSR count). The van der Waals surface area contributed by atoms with Crippen LogP contribution in [0.1, 0.15) is 26.7 Å². The van der Waals surface area contributed by atoms with Crippen molar-refractivity contribution in [2.24, 2.45) is 5.73 Å². The topological polar surface area (TPSA) is 55.6 Å². The van der Waals surface area contributed by atoms with E-state index in [-0.39, 0.29) is 6.10 Å². The Labute approximate surface area is 79.0 Å². The first-order valence-corrected chi connectivity index (χ1v) is 4.79. The molecule has 0 radical (unpaired) electrons. The van der Waals surface area contributed by atoms with Crippen LogP contribution in [0.15, 0.2) is 0 Å². The number of nitrogens with two attached hydrogens (primary N) is 1. The number of carbonyl (C=O) groups excluding carboxylic acids is 1. The van der Waals surface area contributed by atoms with Crippen LogP contribution in [-0.2, 0) is 4.74 Å². The molecule has 2 atom stereocenters. The molecule has 0 aromatic heterocycles. The fourth-order valence-electron chi connectivity index (χ4n) is 1.83. The lowest BCUT2D eigenvalue weighted by Crippen LogP contribution is -2.36. The van der Waals surface area contributed by atoms with Gasteiger partial charge in [-0.05, 0) is 33.2 Å². The zero-order chi connectivity index (χ0) is 9.84. The Bertz CT molecular complexity index is 184. The summed E-state index contributed by atoms with van der Waals surface area (Å²) in [7, 11) is 0. The third-order valence-electron chi connectivity index (χ3n) is 2.50. The second-order valence-corrected chi connectivity index (χ2v) is 3.73. The molecule has 1 aliphatic rings. The first kappa shape index (κ1) is 10.3. The van der Waals surface area contributed by atoms with Crippen molar-refractivity contribution in [3.8, 4) is 0 Å². The third-order valence-corrected chi connectivity index (χ3v) is 2.50. The van der Waals surface area contributed by atoms with E-state index in [0.717, 1.165) is 13.1 Å². The van der Waals surface area contributed by atoms with Crippen LogP contribution in [0.5, 0.6) is 0 Å². The lowest BCUT2D eigenvalue weighted by Gasteiger charge is -2.24. The van der Waals surface area contributed by atoms with Gasteiger partial charge in [-0.3, -0.25) is 4.90 Å². The standard InChI is InChI=1S/C9H18N2O2/c1-7-4-3-5-11(7)6-8(2)13-9(10)12/h7-8H,3-6H2,1-2H3,(H2,10,12)/t7-,8+/m0/s1. The van der Waals surface area contributed by atoms with Crippen LogP contribution in [0.2, 0.25) is 0 Å². The van der Waals surface area contributed by atoms with Gasteiger partial charge in [-0.2, -0.15) is 0 Å². The second kappa shape index (κ2) is 4.46. The smallest absolute Gasteiger partial charge is 0.404 e. The average molecular weight is 186 g/mol. The quantitative estimate of drug-likeness (QED) is 0.714. The van der Waals surface area contributed by atoms with E-state index in [0.29, 0.717) is 6.04 Å². The Morgan fingerprint density at radius 1 is 1.77 bits per heavy atom. The molecule has 2 N–H and O–H groups in total. The molecule has 1 aliphatic heterocycles. The van der Waals surface area contributed by atoms with Gasteiger partial charge in [0.2, 0.25) is 0 Å². The van der Waals surface area contributed by atoms with Crippen molar-refractivity contribution in [3.05, 3.63) is 0 Å². The van der Waals surface area contributed by atoms with E-state index in [9.17, 15) is 4.79 Å². The lowest BCUT2D eigenvalue weighted by atomic mass is 10.2. The number of amides is 1. The van der Waals surface area contributed by atoms with Crippen LogP contribution in [0.4, 0.5) is 4.79 Å². The van der Waals surface area contributed by atoms with Gasteiger partial charge in [0.05, 0.1) is 0 Å². The van der Waals surface area contributed by atoms with E-state index < -0.39 is 6.09 Å². The number of hydrogen-bond donors (Lipinski definition) is 1. The molecular formula is C9H18N2O2. The molecule has 0 unspecified atom stereocenters. The number of likely N-dealkylation sites (tertiary alicyclic amines) is 1. The molecule has 0 saturated carbocycles. The predicted molar refractivity (Wildman–Crippen MR) is 50.4 cm³/mol. The van der Waals surface area contributed by atoms with Crippen LogP contribution in [0.3, 0.4) is 0 Å². The van der Waals surface area contributed by atoms with E-state index in [2.05, 4.69) is 11.8 Å². The molecule has 0 aromatic carbocycles. The van der Waals surface area contributed by atoms with Gasteiger partial charge in [0, 0.05) is 12.6 Å². The van der Waals surface area contributed by atoms with E-state index >= 15 is 0 Å². The third kappa shape index (κ3) is 3.22. The van der Waals surface area contributed by atoms with E-state index in [4.69, 9.17) is 10.5 Å². The molecule has 4 heteroatoms. The maximum atomic E-state index is 10.4. The molecule has 13 heavy (non-hydrogen) atoms. The van der Waals surface area contributed by atoms with Crippen LogP contribution in [-0.4, -0.2) is 36.2 Å². The molecule has 1 fully saturated rings. The molecule has 76 valence electrons. The number of hydrogen-bond acceptors (Lipinski definition) is 3. The number of carbonyl (C=O) groups is 1. The predicted octanol–water partition coefficient (Wildman–Crippen LogP) is 0.955. The minimum absolute atomic E-state index is 0.0990. The molecule has 1 heterocycles. The van der Waals surface area contributed by atoms with E-state index in [1.165, 1.54) is 12.8 Å². The van der Waals surface area contributed by atoms with Gasteiger partial charge in [-0.25, -0.2) is 4.79 Å². The molecule has 0 bridgehead atoms. The van der Waals surface area contributed by atoms with Gasteiger partial charge in [0.25, 0.3) is 0 Å². The maximum Gasteiger partial charge on any atom is 0.404 e. The van der Waals surface area contributed by atoms with Crippen molar-refractivity contribution >= 4 is 6.09 Å². The van der Waals surface area contributed by atoms with Crippen molar-refractivity contribution in [1.29, 1.82) is 0 Å². The summed E-state index contributed by atoms with van der Waals surface area (Å²) in [5.74, 6) is 0. The number of ether oxygens (including phenoxy) is 1. The number of nitrogens with zero attached hydrogens (tertiary/aromatic N) is 1. The highest BCUT2D eigenvalue weighted by Crippen LogP contribution is 2.16. The summed E-state index contributed by atoms with van der Waals surface area (Å²) in [5, 5.41) is 0. The Morgan fingerprint density at radius 3 is 2.92 bits per heavy atom. The summed E-state index contributed by atoms with van der Waals surface area (Å²) in [6.45, 7) is 5.97. The van der Waals surface area contributed by atoms with Crippen LogP contribution < -0.4 is 5.73 Å². The minimum Gasteiger partial charge on any atom is -0.445 e. The normalized spacial score (nSPS) is 25.8. The fraction of sp³-hybridized carbons (Fsp3) is 0.889. The first-order chi connectivity index (χ1) is 6.09. The molecule has 0 aliphatic carbocycles. The summed E-state index contributed by atoms with van der Waals surface area (Å²) in [6, 6.07) is 0.610. The lowest BCUT2D eigenvalue weighted by molar-refractivity contribution is 0.0847. The second-order valence-electron chi connectivity index (χ2n) is 3.73. The zero-order valence-corrected chi connectivity index (χ0v) is 8.32. The summed E-state index contributed by atoms with van der Waals surface area (Å²) in [4.78, 5) is 12.8. The van der Waals surface area contributed by atoms with Gasteiger partial charge in [0.1, 0.15) is 6.10 Å². The van der Waals surface area contributed by atoms with Crippen LogP contribution in [0.25, 0.3) is 0 Å². The number of primary amides is 1. The maximum absolute atomic E-state index is 10.4. The van der Waals surface area contributed by atoms with Crippen LogP contribution >= 0.6 is 0 Å². The van der Waals surface area contributed by atoms with E-state index in [1.54, 1.807) is 0 Å². The van der Waals surface area contributed by atoms with Crippen molar-refractivity contribution in [3.63, 3.8) is 0 Å². The Morgan fingerprint density at radius 2 is 2.46 bits per heavy atom.